The van der Waals surface area contributed by atoms with E-state index < -0.39 is 12.0 Å². The van der Waals surface area contributed by atoms with Gasteiger partial charge in [0.1, 0.15) is 23.2 Å². The maximum atomic E-state index is 13.5. The number of benzene rings is 2. The van der Waals surface area contributed by atoms with Gasteiger partial charge in [0.05, 0.1) is 18.3 Å². The van der Waals surface area contributed by atoms with Crippen molar-refractivity contribution in [1.82, 2.24) is 9.55 Å². The van der Waals surface area contributed by atoms with Crippen molar-refractivity contribution in [3.63, 3.8) is 0 Å². The fourth-order valence-corrected chi connectivity index (χ4v) is 4.82. The predicted octanol–water partition coefficient (Wildman–Crippen LogP) is 5.79. The monoisotopic (exact) mass is 482 g/mol. The molecule has 6 nitrogen and oxygen atoms in total. The summed E-state index contributed by atoms with van der Waals surface area (Å²) < 4.78 is 12.3. The molecule has 2 aromatic heterocycles. The highest BCUT2D eigenvalue weighted by Gasteiger charge is 2.23. The van der Waals surface area contributed by atoms with E-state index >= 15 is 0 Å². The van der Waals surface area contributed by atoms with E-state index in [4.69, 9.17) is 21.1 Å². The molecular formula is C25H23ClN2O4S. The Hall–Kier alpha value is -3.16. The molecule has 2 heterocycles. The lowest BCUT2D eigenvalue weighted by Gasteiger charge is -2.15. The molecule has 0 aliphatic carbocycles. The maximum absolute atomic E-state index is 13.5. The molecule has 0 radical (unpaired) electrons. The van der Waals surface area contributed by atoms with Gasteiger partial charge in [0, 0.05) is 21.0 Å². The molecule has 1 atom stereocenters. The summed E-state index contributed by atoms with van der Waals surface area (Å²) in [7, 11) is 0. The number of aryl methyl sites for hydroxylation is 1. The van der Waals surface area contributed by atoms with Crippen molar-refractivity contribution in [1.29, 1.82) is 0 Å². The van der Waals surface area contributed by atoms with Gasteiger partial charge in [-0.2, -0.15) is 0 Å². The molecule has 170 valence electrons. The van der Waals surface area contributed by atoms with Crippen LogP contribution in [0, 0.1) is 6.92 Å². The molecule has 0 aliphatic rings. The molecule has 2 aromatic carbocycles. The van der Waals surface area contributed by atoms with Gasteiger partial charge in [-0.3, -0.25) is 9.36 Å². The number of rotatable bonds is 7. The zero-order valence-electron chi connectivity index (χ0n) is 18.5. The molecule has 8 heteroatoms. The molecule has 0 saturated carbocycles. The minimum atomic E-state index is -0.842. The van der Waals surface area contributed by atoms with Gasteiger partial charge in [-0.05, 0) is 44.5 Å². The number of nitrogens with zero attached hydrogens (tertiary/aromatic N) is 2. The van der Waals surface area contributed by atoms with Crippen LogP contribution in [0.4, 0.5) is 0 Å². The number of aromatic nitrogens is 2. The highest BCUT2D eigenvalue weighted by Crippen LogP contribution is 2.36. The number of thiophene rings is 1. The third kappa shape index (κ3) is 4.65. The number of esters is 1. The number of hydrogen-bond acceptors (Lipinski definition) is 6. The van der Waals surface area contributed by atoms with Gasteiger partial charge >= 0.3 is 5.97 Å². The fourth-order valence-electron chi connectivity index (χ4n) is 3.62. The number of carbonyl (C=O) groups is 1. The van der Waals surface area contributed by atoms with Crippen LogP contribution in [-0.2, 0) is 16.1 Å². The third-order valence-corrected chi connectivity index (χ3v) is 6.74. The van der Waals surface area contributed by atoms with Gasteiger partial charge in [0.25, 0.3) is 5.56 Å². The van der Waals surface area contributed by atoms with Crippen molar-refractivity contribution in [2.75, 3.05) is 6.61 Å². The van der Waals surface area contributed by atoms with Gasteiger partial charge < -0.3 is 9.47 Å². The van der Waals surface area contributed by atoms with Crippen molar-refractivity contribution in [3.05, 3.63) is 80.7 Å². The topological polar surface area (TPSA) is 70.4 Å². The largest absolute Gasteiger partial charge is 0.494 e. The van der Waals surface area contributed by atoms with Crippen LogP contribution in [0.2, 0.25) is 5.02 Å². The van der Waals surface area contributed by atoms with Crippen LogP contribution in [0.3, 0.4) is 0 Å². The standard InChI is InChI=1S/C25H23ClN2O4S/c1-4-31-19-11-9-17(10-12-19)21-16(3)33-23-22(21)24(29)28(14-27-23)15(2)25(30)32-13-18-7-5-6-8-20(18)26/h5-12,14-15H,4,13H2,1-3H3/t15-/m0/s1. The lowest BCUT2D eigenvalue weighted by Crippen LogP contribution is -2.29. The average Bonchev–Trinajstić information content (AvgIpc) is 3.15. The van der Waals surface area contributed by atoms with Crippen molar-refractivity contribution < 1.29 is 14.3 Å². The second-order valence-electron chi connectivity index (χ2n) is 7.50. The van der Waals surface area contributed by atoms with Crippen LogP contribution < -0.4 is 10.3 Å². The highest BCUT2D eigenvalue weighted by molar-refractivity contribution is 7.19. The Kier molecular flexibility index (Phi) is 6.81. The molecule has 0 aliphatic heterocycles. The fraction of sp³-hybridized carbons (Fsp3) is 0.240. The van der Waals surface area contributed by atoms with E-state index in [2.05, 4.69) is 4.98 Å². The summed E-state index contributed by atoms with van der Waals surface area (Å²) in [5.74, 6) is 0.233. The van der Waals surface area contributed by atoms with Crippen molar-refractivity contribution in [3.8, 4) is 16.9 Å². The summed E-state index contributed by atoms with van der Waals surface area (Å²) in [4.78, 5) is 32.2. The molecule has 0 fully saturated rings. The number of carbonyl (C=O) groups excluding carboxylic acids is 1. The first-order valence-electron chi connectivity index (χ1n) is 10.5. The molecular weight excluding hydrogens is 460 g/mol. The second kappa shape index (κ2) is 9.77. The van der Waals surface area contributed by atoms with Gasteiger partial charge in [0.2, 0.25) is 0 Å². The van der Waals surface area contributed by atoms with E-state index in [-0.39, 0.29) is 12.2 Å². The van der Waals surface area contributed by atoms with Crippen LogP contribution in [0.5, 0.6) is 5.75 Å². The average molecular weight is 483 g/mol. The molecule has 4 aromatic rings. The molecule has 0 saturated heterocycles. The highest BCUT2D eigenvalue weighted by atomic mass is 35.5. The minimum Gasteiger partial charge on any atom is -0.494 e. The summed E-state index contributed by atoms with van der Waals surface area (Å²) >= 11 is 7.59. The van der Waals surface area contributed by atoms with Gasteiger partial charge in [-0.15, -0.1) is 11.3 Å². The summed E-state index contributed by atoms with van der Waals surface area (Å²) in [5, 5.41) is 1.02. The number of ether oxygens (including phenoxy) is 2. The first-order chi connectivity index (χ1) is 15.9. The summed E-state index contributed by atoms with van der Waals surface area (Å²) in [5.41, 5.74) is 2.14. The van der Waals surface area contributed by atoms with Crippen LogP contribution in [0.25, 0.3) is 21.3 Å². The SMILES string of the molecule is CCOc1ccc(-c2c(C)sc3ncn([C@@H](C)C(=O)OCc4ccccc4Cl)c(=O)c23)cc1. The Bertz CT molecular complexity index is 1360. The lowest BCUT2D eigenvalue weighted by molar-refractivity contribution is -0.148. The maximum Gasteiger partial charge on any atom is 0.329 e. The van der Waals surface area contributed by atoms with Crippen molar-refractivity contribution >= 4 is 39.1 Å². The molecule has 4 rings (SSSR count). The summed E-state index contributed by atoms with van der Waals surface area (Å²) in [6, 6.07) is 13.9. The molecule has 0 spiro atoms. The van der Waals surface area contributed by atoms with Crippen LogP contribution >= 0.6 is 22.9 Å². The quantitative estimate of drug-likeness (QED) is 0.312. The lowest BCUT2D eigenvalue weighted by atomic mass is 10.0. The Balaban J connectivity index is 1.66. The normalized spacial score (nSPS) is 12.0. The molecule has 33 heavy (non-hydrogen) atoms. The summed E-state index contributed by atoms with van der Waals surface area (Å²) in [6.07, 6.45) is 1.41. The van der Waals surface area contributed by atoms with E-state index in [1.165, 1.54) is 22.2 Å². The van der Waals surface area contributed by atoms with E-state index in [1.54, 1.807) is 19.1 Å². The number of halogens is 1. The van der Waals surface area contributed by atoms with Gasteiger partial charge in [-0.1, -0.05) is 41.9 Å². The molecule has 0 unspecified atom stereocenters. The minimum absolute atomic E-state index is 0.0300. The van der Waals surface area contributed by atoms with Gasteiger partial charge in [0.15, 0.2) is 0 Å². The van der Waals surface area contributed by atoms with Gasteiger partial charge in [-0.25, -0.2) is 9.78 Å². The smallest absolute Gasteiger partial charge is 0.329 e. The predicted molar refractivity (Wildman–Crippen MR) is 131 cm³/mol. The van der Waals surface area contributed by atoms with Crippen molar-refractivity contribution in [2.24, 2.45) is 0 Å². The van der Waals surface area contributed by atoms with Crippen LogP contribution in [0.15, 0.2) is 59.7 Å². The zero-order valence-corrected chi connectivity index (χ0v) is 20.1. The third-order valence-electron chi connectivity index (χ3n) is 5.35. The van der Waals surface area contributed by atoms with E-state index in [9.17, 15) is 9.59 Å². The molecule has 0 amide bonds. The zero-order chi connectivity index (χ0) is 23.5. The second-order valence-corrected chi connectivity index (χ2v) is 9.11. The summed E-state index contributed by atoms with van der Waals surface area (Å²) in [6.45, 7) is 6.13. The van der Waals surface area contributed by atoms with Crippen LogP contribution in [0.1, 0.15) is 30.3 Å². The van der Waals surface area contributed by atoms with Crippen LogP contribution in [-0.4, -0.2) is 22.1 Å². The number of fused-ring (bicyclic) bond motifs is 1. The first-order valence-corrected chi connectivity index (χ1v) is 11.7. The Morgan fingerprint density at radius 2 is 1.91 bits per heavy atom. The van der Waals surface area contributed by atoms with Crippen molar-refractivity contribution in [2.45, 2.75) is 33.4 Å². The Morgan fingerprint density at radius 1 is 1.18 bits per heavy atom. The van der Waals surface area contributed by atoms with E-state index in [0.29, 0.717) is 27.4 Å². The Morgan fingerprint density at radius 3 is 2.61 bits per heavy atom. The molecule has 0 bridgehead atoms. The van der Waals surface area contributed by atoms with E-state index in [0.717, 1.165) is 21.8 Å². The molecule has 0 N–H and O–H groups in total. The Labute approximate surface area is 200 Å². The van der Waals surface area contributed by atoms with E-state index in [1.807, 2.05) is 50.2 Å². The first kappa shape index (κ1) is 23.0. The number of hydrogen-bond donors (Lipinski definition) is 0.